The molecule has 0 N–H and O–H groups in total. The third kappa shape index (κ3) is 2.98. The molecular weight excluding hydrogens is 232 g/mol. The molecule has 1 heterocycles. The number of nitrogens with zero attached hydrogens (tertiary/aromatic N) is 2. The summed E-state index contributed by atoms with van der Waals surface area (Å²) in [6, 6.07) is 6.70. The highest BCUT2D eigenvalue weighted by Crippen LogP contribution is 2.21. The van der Waals surface area contributed by atoms with Gasteiger partial charge in [-0.1, -0.05) is 0 Å². The first-order valence-electron chi connectivity index (χ1n) is 6.31. The van der Waals surface area contributed by atoms with Gasteiger partial charge < -0.3 is 9.64 Å². The topological polar surface area (TPSA) is 55.6 Å². The zero-order valence-electron chi connectivity index (χ0n) is 10.5. The molecule has 1 atom stereocenters. The summed E-state index contributed by atoms with van der Waals surface area (Å²) in [5.74, 6) is 0. The van der Waals surface area contributed by atoms with Crippen LogP contribution in [0.1, 0.15) is 19.8 Å². The highest BCUT2D eigenvalue weighted by molar-refractivity contribution is 5.50. The number of ether oxygens (including phenoxy) is 1. The minimum atomic E-state index is -0.375. The van der Waals surface area contributed by atoms with E-state index in [1.165, 1.54) is 0 Å². The summed E-state index contributed by atoms with van der Waals surface area (Å²) in [5, 5.41) is 10.6. The SMILES string of the molecule is CCN(CC1CCCO1)c1ccc([N+](=O)[O-])cc1. The van der Waals surface area contributed by atoms with Gasteiger partial charge in [0.25, 0.3) is 5.69 Å². The Morgan fingerprint density at radius 1 is 1.44 bits per heavy atom. The second-order valence-corrected chi connectivity index (χ2v) is 4.45. The van der Waals surface area contributed by atoms with Gasteiger partial charge in [0.15, 0.2) is 0 Å². The van der Waals surface area contributed by atoms with Crippen molar-refractivity contribution in [1.29, 1.82) is 0 Å². The Kier molecular flexibility index (Phi) is 4.15. The molecule has 1 saturated heterocycles. The van der Waals surface area contributed by atoms with E-state index in [1.807, 2.05) is 0 Å². The van der Waals surface area contributed by atoms with Crippen LogP contribution in [0.4, 0.5) is 11.4 Å². The molecule has 0 bridgehead atoms. The van der Waals surface area contributed by atoms with E-state index in [0.29, 0.717) is 6.10 Å². The van der Waals surface area contributed by atoms with Gasteiger partial charge in [-0.3, -0.25) is 10.1 Å². The van der Waals surface area contributed by atoms with Crippen molar-refractivity contribution in [3.63, 3.8) is 0 Å². The van der Waals surface area contributed by atoms with Crippen molar-refractivity contribution in [2.75, 3.05) is 24.6 Å². The summed E-state index contributed by atoms with van der Waals surface area (Å²) in [6.45, 7) is 4.66. The number of hydrogen-bond donors (Lipinski definition) is 0. The van der Waals surface area contributed by atoms with E-state index < -0.39 is 0 Å². The zero-order chi connectivity index (χ0) is 13.0. The molecule has 1 aromatic rings. The highest BCUT2D eigenvalue weighted by Gasteiger charge is 2.19. The van der Waals surface area contributed by atoms with E-state index in [1.54, 1.807) is 24.3 Å². The lowest BCUT2D eigenvalue weighted by atomic mass is 10.2. The second kappa shape index (κ2) is 5.82. The number of non-ortho nitro benzene ring substituents is 1. The molecule has 5 heteroatoms. The summed E-state index contributed by atoms with van der Waals surface area (Å²) in [7, 11) is 0. The molecule has 1 aliphatic heterocycles. The summed E-state index contributed by atoms with van der Waals surface area (Å²) >= 11 is 0. The minimum Gasteiger partial charge on any atom is -0.376 e. The quantitative estimate of drug-likeness (QED) is 0.595. The first-order chi connectivity index (χ1) is 8.70. The Bertz CT molecular complexity index is 399. The molecule has 98 valence electrons. The largest absolute Gasteiger partial charge is 0.376 e. The fourth-order valence-electron chi connectivity index (χ4n) is 2.24. The molecule has 18 heavy (non-hydrogen) atoms. The van der Waals surface area contributed by atoms with E-state index in [4.69, 9.17) is 4.74 Å². The molecule has 0 spiro atoms. The van der Waals surface area contributed by atoms with Crippen LogP contribution in [0.25, 0.3) is 0 Å². The van der Waals surface area contributed by atoms with Crippen LogP contribution in [-0.2, 0) is 4.74 Å². The zero-order valence-corrected chi connectivity index (χ0v) is 10.5. The van der Waals surface area contributed by atoms with Crippen LogP contribution in [-0.4, -0.2) is 30.7 Å². The molecule has 0 radical (unpaired) electrons. The lowest BCUT2D eigenvalue weighted by molar-refractivity contribution is -0.384. The third-order valence-corrected chi connectivity index (χ3v) is 3.26. The van der Waals surface area contributed by atoms with Gasteiger partial charge >= 0.3 is 0 Å². The molecule has 0 amide bonds. The standard InChI is InChI=1S/C13H18N2O3/c1-2-14(10-13-4-3-9-18-13)11-5-7-12(8-6-11)15(16)17/h5-8,13H,2-4,9-10H2,1H3. The molecule has 1 fully saturated rings. The van der Waals surface area contributed by atoms with Crippen LogP contribution < -0.4 is 4.90 Å². The minimum absolute atomic E-state index is 0.131. The normalized spacial score (nSPS) is 18.8. The van der Waals surface area contributed by atoms with Crippen LogP contribution in [0.2, 0.25) is 0 Å². The van der Waals surface area contributed by atoms with E-state index in [9.17, 15) is 10.1 Å². The van der Waals surface area contributed by atoms with Crippen LogP contribution in [0.3, 0.4) is 0 Å². The van der Waals surface area contributed by atoms with Crippen molar-refractivity contribution in [3.8, 4) is 0 Å². The third-order valence-electron chi connectivity index (χ3n) is 3.26. The van der Waals surface area contributed by atoms with E-state index in [0.717, 1.165) is 38.2 Å². The number of anilines is 1. The maximum Gasteiger partial charge on any atom is 0.269 e. The number of nitro benzene ring substituents is 1. The van der Waals surface area contributed by atoms with Gasteiger partial charge in [-0.05, 0) is 31.9 Å². The van der Waals surface area contributed by atoms with Crippen molar-refractivity contribution in [3.05, 3.63) is 34.4 Å². The Hall–Kier alpha value is -1.62. The van der Waals surface area contributed by atoms with Crippen molar-refractivity contribution in [2.24, 2.45) is 0 Å². The van der Waals surface area contributed by atoms with E-state index in [2.05, 4.69) is 11.8 Å². The number of hydrogen-bond acceptors (Lipinski definition) is 4. The van der Waals surface area contributed by atoms with Crippen LogP contribution in [0.5, 0.6) is 0 Å². The average Bonchev–Trinajstić information content (AvgIpc) is 2.89. The number of likely N-dealkylation sites (N-methyl/N-ethyl adjacent to an activating group) is 1. The summed E-state index contributed by atoms with van der Waals surface area (Å²) in [4.78, 5) is 12.4. The fraction of sp³-hybridized carbons (Fsp3) is 0.538. The van der Waals surface area contributed by atoms with Gasteiger partial charge in [-0.15, -0.1) is 0 Å². The van der Waals surface area contributed by atoms with Crippen molar-refractivity contribution < 1.29 is 9.66 Å². The molecule has 5 nitrogen and oxygen atoms in total. The van der Waals surface area contributed by atoms with Crippen LogP contribution >= 0.6 is 0 Å². The molecule has 1 unspecified atom stereocenters. The molecule has 1 aromatic carbocycles. The van der Waals surface area contributed by atoms with Gasteiger partial charge in [0, 0.05) is 37.5 Å². The number of benzene rings is 1. The summed E-state index contributed by atoms with van der Waals surface area (Å²) in [6.07, 6.45) is 2.52. The first-order valence-corrected chi connectivity index (χ1v) is 6.31. The van der Waals surface area contributed by atoms with Gasteiger partial charge in [-0.2, -0.15) is 0 Å². The summed E-state index contributed by atoms with van der Waals surface area (Å²) in [5.41, 5.74) is 1.14. The van der Waals surface area contributed by atoms with Crippen LogP contribution in [0, 0.1) is 10.1 Å². The Balaban J connectivity index is 2.04. The predicted octanol–water partition coefficient (Wildman–Crippen LogP) is 2.60. The van der Waals surface area contributed by atoms with Gasteiger partial charge in [0.2, 0.25) is 0 Å². The van der Waals surface area contributed by atoms with Gasteiger partial charge in [0.1, 0.15) is 0 Å². The highest BCUT2D eigenvalue weighted by atomic mass is 16.6. The molecule has 2 rings (SSSR count). The lowest BCUT2D eigenvalue weighted by Gasteiger charge is -2.25. The average molecular weight is 250 g/mol. The Morgan fingerprint density at radius 2 is 2.17 bits per heavy atom. The molecule has 0 saturated carbocycles. The molecule has 0 aliphatic carbocycles. The Labute approximate surface area is 107 Å². The van der Waals surface area contributed by atoms with Crippen molar-refractivity contribution >= 4 is 11.4 Å². The maximum absolute atomic E-state index is 10.6. The monoisotopic (exact) mass is 250 g/mol. The van der Waals surface area contributed by atoms with Crippen LogP contribution in [0.15, 0.2) is 24.3 Å². The van der Waals surface area contributed by atoms with Crippen molar-refractivity contribution in [1.82, 2.24) is 0 Å². The first kappa shape index (κ1) is 12.8. The molecule has 0 aromatic heterocycles. The van der Waals surface area contributed by atoms with E-state index >= 15 is 0 Å². The Morgan fingerprint density at radius 3 is 2.67 bits per heavy atom. The van der Waals surface area contributed by atoms with Gasteiger partial charge in [0.05, 0.1) is 11.0 Å². The molecule has 1 aliphatic rings. The van der Waals surface area contributed by atoms with Crippen molar-refractivity contribution in [2.45, 2.75) is 25.9 Å². The smallest absolute Gasteiger partial charge is 0.269 e. The number of nitro groups is 1. The second-order valence-electron chi connectivity index (χ2n) is 4.45. The molecular formula is C13H18N2O3. The number of rotatable bonds is 5. The lowest BCUT2D eigenvalue weighted by Crippen LogP contribution is -2.31. The predicted molar refractivity (Wildman–Crippen MR) is 70.0 cm³/mol. The van der Waals surface area contributed by atoms with E-state index in [-0.39, 0.29) is 10.6 Å². The summed E-state index contributed by atoms with van der Waals surface area (Å²) < 4.78 is 5.62. The van der Waals surface area contributed by atoms with Gasteiger partial charge in [-0.25, -0.2) is 0 Å². The fourth-order valence-corrected chi connectivity index (χ4v) is 2.24. The maximum atomic E-state index is 10.6.